The number of rotatable bonds is 22. The van der Waals surface area contributed by atoms with Crippen LogP contribution in [-0.4, -0.2) is 36.7 Å². The number of hydrogen-bond acceptors (Lipinski definition) is 6. The van der Waals surface area contributed by atoms with Crippen molar-refractivity contribution in [1.29, 1.82) is 0 Å². The van der Waals surface area contributed by atoms with Gasteiger partial charge in [0.15, 0.2) is 0 Å². The summed E-state index contributed by atoms with van der Waals surface area (Å²) in [6.45, 7) is 17.5. The minimum atomic E-state index is -1.36. The maximum absolute atomic E-state index is 13.2. The van der Waals surface area contributed by atoms with Crippen LogP contribution in [0.1, 0.15) is 144 Å². The Morgan fingerprint density at radius 1 is 0.707 bits per heavy atom. The Labute approximate surface area is 251 Å². The highest BCUT2D eigenvalue weighted by atomic mass is 16.6. The summed E-state index contributed by atoms with van der Waals surface area (Å²) >= 11 is 0. The third kappa shape index (κ3) is 16.4. The number of hydrogen-bond donors (Lipinski definition) is 0. The molecule has 0 aromatic rings. The van der Waals surface area contributed by atoms with E-state index in [1.807, 2.05) is 0 Å². The van der Waals surface area contributed by atoms with Crippen molar-refractivity contribution in [2.75, 3.05) is 13.2 Å². The van der Waals surface area contributed by atoms with Crippen LogP contribution in [0.15, 0.2) is 12.7 Å². The summed E-state index contributed by atoms with van der Waals surface area (Å²) in [6, 6.07) is 0. The molecule has 0 amide bonds. The second-order valence-electron chi connectivity index (χ2n) is 13.6. The minimum absolute atomic E-state index is 0.215. The Morgan fingerprint density at radius 2 is 1.15 bits per heavy atom. The highest BCUT2D eigenvalue weighted by Gasteiger charge is 2.48. The van der Waals surface area contributed by atoms with E-state index in [2.05, 4.69) is 48.1 Å². The normalized spacial score (nSPS) is 20.4. The van der Waals surface area contributed by atoms with Crippen LogP contribution in [0.4, 0.5) is 0 Å². The Balaban J connectivity index is 2.44. The molecule has 0 saturated heterocycles. The zero-order chi connectivity index (χ0) is 30.7. The Bertz CT molecular complexity index is 750. The third-order valence-corrected chi connectivity index (χ3v) is 8.43. The number of unbranched alkanes of at least 4 members (excludes halogenated alkanes) is 6. The van der Waals surface area contributed by atoms with Gasteiger partial charge >= 0.3 is 17.9 Å². The average Bonchev–Trinajstić information content (AvgIpc) is 2.93. The second kappa shape index (κ2) is 20.9. The molecule has 0 aromatic heterocycles. The smallest absolute Gasteiger partial charge is 0.350 e. The van der Waals surface area contributed by atoms with Gasteiger partial charge in [-0.2, -0.15) is 0 Å². The van der Waals surface area contributed by atoms with Gasteiger partial charge in [-0.3, -0.25) is 4.79 Å². The minimum Gasteiger partial charge on any atom is -0.465 e. The first-order valence-electron chi connectivity index (χ1n) is 16.7. The van der Waals surface area contributed by atoms with Crippen LogP contribution in [0.2, 0.25) is 0 Å². The number of carbonyl (C=O) groups excluding carboxylic acids is 3. The van der Waals surface area contributed by atoms with E-state index in [1.165, 1.54) is 51.4 Å². The summed E-state index contributed by atoms with van der Waals surface area (Å²) in [5.74, 6) is 0.432. The van der Waals surface area contributed by atoms with E-state index in [-0.39, 0.29) is 30.6 Å². The Morgan fingerprint density at radius 3 is 1.59 bits per heavy atom. The molecule has 0 radical (unpaired) electrons. The van der Waals surface area contributed by atoms with Gasteiger partial charge < -0.3 is 14.2 Å². The largest absolute Gasteiger partial charge is 0.465 e. The lowest BCUT2D eigenvalue weighted by Crippen LogP contribution is -2.48. The molecule has 0 bridgehead atoms. The summed E-state index contributed by atoms with van der Waals surface area (Å²) in [5, 5.41) is 0. The average molecular weight is 579 g/mol. The van der Waals surface area contributed by atoms with Crippen molar-refractivity contribution in [3.05, 3.63) is 12.7 Å². The van der Waals surface area contributed by atoms with Crippen molar-refractivity contribution in [3.8, 4) is 0 Å². The number of esters is 3. The molecule has 6 heteroatoms. The highest BCUT2D eigenvalue weighted by molar-refractivity contribution is 5.88. The van der Waals surface area contributed by atoms with E-state index >= 15 is 0 Å². The van der Waals surface area contributed by atoms with Gasteiger partial charge in [-0.1, -0.05) is 112 Å². The molecule has 0 aromatic carbocycles. The predicted octanol–water partition coefficient (Wildman–Crippen LogP) is 9.00. The van der Waals surface area contributed by atoms with Crippen LogP contribution < -0.4 is 0 Å². The van der Waals surface area contributed by atoms with Gasteiger partial charge in [0.25, 0.3) is 0 Å². The van der Waals surface area contributed by atoms with Gasteiger partial charge in [0, 0.05) is 6.08 Å². The molecule has 238 valence electrons. The van der Waals surface area contributed by atoms with Crippen LogP contribution in [-0.2, 0) is 28.6 Å². The number of carbonyl (C=O) groups is 3. The van der Waals surface area contributed by atoms with Crippen LogP contribution in [0.5, 0.6) is 0 Å². The van der Waals surface area contributed by atoms with Crippen molar-refractivity contribution < 1.29 is 28.6 Å². The molecular weight excluding hydrogens is 516 g/mol. The van der Waals surface area contributed by atoms with Crippen molar-refractivity contribution in [3.63, 3.8) is 0 Å². The molecule has 2 unspecified atom stereocenters. The van der Waals surface area contributed by atoms with E-state index in [0.717, 1.165) is 43.6 Å². The molecule has 1 saturated carbocycles. The lowest BCUT2D eigenvalue weighted by atomic mass is 9.78. The first-order valence-corrected chi connectivity index (χ1v) is 16.7. The van der Waals surface area contributed by atoms with Crippen molar-refractivity contribution in [2.24, 2.45) is 29.6 Å². The van der Waals surface area contributed by atoms with Gasteiger partial charge in [-0.25, -0.2) is 9.59 Å². The van der Waals surface area contributed by atoms with Gasteiger partial charge in [-0.05, 0) is 62.2 Å². The summed E-state index contributed by atoms with van der Waals surface area (Å²) in [7, 11) is 0. The van der Waals surface area contributed by atoms with E-state index in [1.54, 1.807) is 0 Å². The van der Waals surface area contributed by atoms with E-state index < -0.39 is 17.5 Å². The standard InChI is InChI=1S/C35H62O6/c1-8-32(36)41-35(34(38)40-26-30(7)20-16-12-10-14-18-28(4)5)23-21-31(22-24-35)33(37)39-25-29(6)19-15-11-9-13-17-27(2)3/h8,27-31H,1,9-26H2,2-7H3. The van der Waals surface area contributed by atoms with Crippen LogP contribution in [0.3, 0.4) is 0 Å². The fourth-order valence-electron chi connectivity index (χ4n) is 5.56. The van der Waals surface area contributed by atoms with Crippen molar-refractivity contribution in [1.82, 2.24) is 0 Å². The lowest BCUT2D eigenvalue weighted by Gasteiger charge is -2.36. The molecule has 0 N–H and O–H groups in total. The van der Waals surface area contributed by atoms with Gasteiger partial charge in [0.05, 0.1) is 19.1 Å². The Hall–Kier alpha value is -1.85. The quantitative estimate of drug-likeness (QED) is 0.0552. The van der Waals surface area contributed by atoms with Crippen LogP contribution in [0, 0.1) is 29.6 Å². The van der Waals surface area contributed by atoms with Crippen molar-refractivity contribution in [2.45, 2.75) is 150 Å². The molecule has 1 rings (SSSR count). The highest BCUT2D eigenvalue weighted by Crippen LogP contribution is 2.37. The third-order valence-electron chi connectivity index (χ3n) is 8.43. The topological polar surface area (TPSA) is 78.9 Å². The van der Waals surface area contributed by atoms with Crippen molar-refractivity contribution >= 4 is 17.9 Å². The van der Waals surface area contributed by atoms with Gasteiger partial charge in [0.2, 0.25) is 5.60 Å². The zero-order valence-corrected chi connectivity index (χ0v) is 27.3. The summed E-state index contributed by atoms with van der Waals surface area (Å²) in [4.78, 5) is 38.1. The molecule has 2 atom stereocenters. The van der Waals surface area contributed by atoms with Crippen LogP contribution in [0.25, 0.3) is 0 Å². The van der Waals surface area contributed by atoms with Crippen LogP contribution >= 0.6 is 0 Å². The molecule has 41 heavy (non-hydrogen) atoms. The zero-order valence-electron chi connectivity index (χ0n) is 27.3. The maximum Gasteiger partial charge on any atom is 0.350 e. The van der Waals surface area contributed by atoms with Gasteiger partial charge in [0.1, 0.15) is 0 Å². The molecule has 0 heterocycles. The van der Waals surface area contributed by atoms with E-state index in [9.17, 15) is 14.4 Å². The summed E-state index contributed by atoms with van der Waals surface area (Å²) in [5.41, 5.74) is -1.36. The SMILES string of the molecule is C=CC(=O)OC1(C(=O)OCC(C)CCCCCCC(C)C)CCC(C(=O)OCC(C)CCCCCCC(C)C)CC1. The molecule has 1 fully saturated rings. The fourth-order valence-corrected chi connectivity index (χ4v) is 5.56. The first kappa shape index (κ1) is 37.2. The molecule has 0 spiro atoms. The lowest BCUT2D eigenvalue weighted by molar-refractivity contribution is -0.187. The van der Waals surface area contributed by atoms with E-state index in [0.29, 0.717) is 32.0 Å². The number of ether oxygens (including phenoxy) is 3. The first-order chi connectivity index (χ1) is 19.5. The second-order valence-corrected chi connectivity index (χ2v) is 13.6. The maximum atomic E-state index is 13.2. The summed E-state index contributed by atoms with van der Waals surface area (Å²) < 4.78 is 16.9. The summed E-state index contributed by atoms with van der Waals surface area (Å²) in [6.07, 6.45) is 16.8. The molecule has 6 nitrogen and oxygen atoms in total. The fraction of sp³-hybridized carbons (Fsp3) is 0.857. The Kier molecular flexibility index (Phi) is 19.0. The molecule has 1 aliphatic carbocycles. The molecular formula is C35H62O6. The monoisotopic (exact) mass is 578 g/mol. The predicted molar refractivity (Wildman–Crippen MR) is 166 cm³/mol. The molecule has 0 aliphatic heterocycles. The van der Waals surface area contributed by atoms with Gasteiger partial charge in [-0.15, -0.1) is 0 Å². The molecule has 1 aliphatic rings. The van der Waals surface area contributed by atoms with E-state index in [4.69, 9.17) is 14.2 Å².